The zero-order valence-electron chi connectivity index (χ0n) is 19.6. The summed E-state index contributed by atoms with van der Waals surface area (Å²) >= 11 is 0. The molecule has 5 unspecified atom stereocenters. The van der Waals surface area contributed by atoms with E-state index in [1.165, 1.54) is 11.8 Å². The van der Waals surface area contributed by atoms with Crippen molar-refractivity contribution in [1.29, 1.82) is 0 Å². The van der Waals surface area contributed by atoms with Gasteiger partial charge in [-0.15, -0.1) is 9.24 Å². The summed E-state index contributed by atoms with van der Waals surface area (Å²) < 4.78 is 27.3. The van der Waals surface area contributed by atoms with E-state index < -0.39 is 21.2 Å². The van der Waals surface area contributed by atoms with E-state index in [2.05, 4.69) is 44.3 Å². The van der Waals surface area contributed by atoms with Gasteiger partial charge in [0.2, 0.25) is 10.0 Å². The number of carbonyl (C=O) groups is 1. The number of likely N-dealkylation sites (tertiary alicyclic amines) is 1. The van der Waals surface area contributed by atoms with E-state index in [1.807, 2.05) is 12.1 Å². The quantitative estimate of drug-likeness (QED) is 0.450. The molecule has 6 nitrogen and oxygen atoms in total. The molecule has 0 radical (unpaired) electrons. The van der Waals surface area contributed by atoms with E-state index in [0.717, 1.165) is 36.8 Å². The standard InChI is InChI=1S/C24H34BN2O4PS/c1-23(25,32)21(28)22(29)27-15-24(11-12-24)20(26-33(2,30)31)19(27)14-16-7-6-10-18(13-16)17-8-4-3-5-9-17/h4,6-10,13,19-21,26,28H,3,5,11-12,14-15,25,32H2,1-2H3. The number of nitrogens with zero attached hydrogens (tertiary/aromatic N) is 1. The summed E-state index contributed by atoms with van der Waals surface area (Å²) in [4.78, 5) is 15.1. The SMILES string of the molecule is BC(C)(P)C(O)C(=O)N1CC2(CC2)C(NS(C)(=O)=O)C1Cc1cccc(C2=CCCC=C2)c1. The van der Waals surface area contributed by atoms with Crippen LogP contribution in [0, 0.1) is 5.41 Å². The fraction of sp³-hybridized carbons (Fsp3) is 0.542. The van der Waals surface area contributed by atoms with Crippen LogP contribution in [0.25, 0.3) is 5.57 Å². The highest BCUT2D eigenvalue weighted by Crippen LogP contribution is 2.55. The molecule has 0 bridgehead atoms. The lowest BCUT2D eigenvalue weighted by Crippen LogP contribution is -2.54. The molecule has 1 saturated carbocycles. The van der Waals surface area contributed by atoms with Crippen molar-refractivity contribution in [3.63, 3.8) is 0 Å². The van der Waals surface area contributed by atoms with Gasteiger partial charge in [-0.1, -0.05) is 49.4 Å². The number of carbonyl (C=O) groups excluding carboxylic acids is 1. The Kier molecular flexibility index (Phi) is 6.69. The summed E-state index contributed by atoms with van der Waals surface area (Å²) in [5, 5.41) is 10.1. The first kappa shape index (κ1) is 24.7. The molecule has 33 heavy (non-hydrogen) atoms. The third kappa shape index (κ3) is 5.45. The Morgan fingerprint density at radius 3 is 2.70 bits per heavy atom. The Bertz CT molecular complexity index is 1090. The van der Waals surface area contributed by atoms with E-state index in [4.69, 9.17) is 0 Å². The molecule has 1 amide bonds. The van der Waals surface area contributed by atoms with Crippen molar-refractivity contribution in [2.75, 3.05) is 12.8 Å². The molecule has 1 spiro atoms. The van der Waals surface area contributed by atoms with Gasteiger partial charge < -0.3 is 10.0 Å². The van der Waals surface area contributed by atoms with Crippen molar-refractivity contribution in [1.82, 2.24) is 9.62 Å². The van der Waals surface area contributed by atoms with Gasteiger partial charge in [-0.3, -0.25) is 4.79 Å². The van der Waals surface area contributed by atoms with Gasteiger partial charge in [0, 0.05) is 18.0 Å². The second kappa shape index (κ2) is 8.96. The van der Waals surface area contributed by atoms with Crippen LogP contribution in [0.4, 0.5) is 0 Å². The Morgan fingerprint density at radius 2 is 2.12 bits per heavy atom. The lowest BCUT2D eigenvalue weighted by Gasteiger charge is -2.34. The first-order chi connectivity index (χ1) is 15.4. The van der Waals surface area contributed by atoms with Crippen molar-refractivity contribution >= 4 is 38.6 Å². The van der Waals surface area contributed by atoms with Gasteiger partial charge in [0.15, 0.2) is 0 Å². The van der Waals surface area contributed by atoms with Gasteiger partial charge in [0.25, 0.3) is 5.91 Å². The second-order valence-corrected chi connectivity index (χ2v) is 13.8. The van der Waals surface area contributed by atoms with Gasteiger partial charge in [0.05, 0.1) is 12.3 Å². The average molecular weight is 488 g/mol. The molecule has 2 fully saturated rings. The van der Waals surface area contributed by atoms with Crippen LogP contribution in [0.5, 0.6) is 0 Å². The third-order valence-electron chi connectivity index (χ3n) is 7.09. The Morgan fingerprint density at radius 1 is 1.39 bits per heavy atom. The van der Waals surface area contributed by atoms with Crippen LogP contribution >= 0.6 is 9.24 Å². The number of aliphatic hydroxyl groups is 1. The first-order valence-corrected chi connectivity index (χ1v) is 14.1. The zero-order chi connectivity index (χ0) is 24.0. The highest BCUT2D eigenvalue weighted by atomic mass is 32.2. The van der Waals surface area contributed by atoms with E-state index in [9.17, 15) is 18.3 Å². The zero-order valence-corrected chi connectivity index (χ0v) is 21.6. The third-order valence-corrected chi connectivity index (χ3v) is 8.08. The molecule has 3 aliphatic rings. The Balaban J connectivity index is 1.67. The molecular formula is C24H34BN2O4PS. The van der Waals surface area contributed by atoms with Gasteiger partial charge in [-0.05, 0) is 53.9 Å². The molecule has 1 heterocycles. The number of allylic oxidation sites excluding steroid dienone is 4. The second-order valence-electron chi connectivity index (χ2n) is 10.5. The molecule has 1 saturated heterocycles. The van der Waals surface area contributed by atoms with Gasteiger partial charge in [-0.25, -0.2) is 13.1 Å². The molecule has 2 aliphatic carbocycles. The molecule has 1 aromatic carbocycles. The molecule has 9 heteroatoms. The first-order valence-electron chi connectivity index (χ1n) is 11.6. The van der Waals surface area contributed by atoms with E-state index >= 15 is 0 Å². The molecular weight excluding hydrogens is 454 g/mol. The number of hydrogen-bond acceptors (Lipinski definition) is 4. The van der Waals surface area contributed by atoms with Crippen molar-refractivity contribution in [3.8, 4) is 0 Å². The minimum atomic E-state index is -3.46. The smallest absolute Gasteiger partial charge is 0.251 e. The summed E-state index contributed by atoms with van der Waals surface area (Å²) in [5.74, 6) is -0.335. The summed E-state index contributed by atoms with van der Waals surface area (Å²) in [7, 11) is 0.888. The van der Waals surface area contributed by atoms with Crippen LogP contribution < -0.4 is 4.72 Å². The largest absolute Gasteiger partial charge is 0.383 e. The maximum absolute atomic E-state index is 13.4. The Labute approximate surface area is 200 Å². The monoisotopic (exact) mass is 488 g/mol. The maximum atomic E-state index is 13.4. The molecule has 178 valence electrons. The predicted octanol–water partition coefficient (Wildman–Crippen LogP) is 1.46. The van der Waals surface area contributed by atoms with Crippen LogP contribution in [0.3, 0.4) is 0 Å². The molecule has 5 atom stereocenters. The molecule has 2 N–H and O–H groups in total. The number of sulfonamides is 1. The minimum absolute atomic E-state index is 0.250. The summed E-state index contributed by atoms with van der Waals surface area (Å²) in [6.45, 7) is 2.27. The maximum Gasteiger partial charge on any atom is 0.251 e. The van der Waals surface area contributed by atoms with Crippen LogP contribution in [-0.4, -0.2) is 68.2 Å². The van der Waals surface area contributed by atoms with Gasteiger partial charge in [-0.2, -0.15) is 0 Å². The number of nitrogens with one attached hydrogen (secondary N) is 1. The van der Waals surface area contributed by atoms with Crippen molar-refractivity contribution in [2.45, 2.75) is 62.3 Å². The average Bonchev–Trinajstić information content (AvgIpc) is 3.48. The van der Waals surface area contributed by atoms with E-state index in [-0.39, 0.29) is 23.4 Å². The number of hydrogen-bond donors (Lipinski definition) is 2. The summed E-state index contributed by atoms with van der Waals surface area (Å²) in [6, 6.07) is 7.54. The summed E-state index contributed by atoms with van der Waals surface area (Å²) in [5.41, 5.74) is 3.11. The van der Waals surface area contributed by atoms with E-state index in [1.54, 1.807) is 19.7 Å². The summed E-state index contributed by atoms with van der Waals surface area (Å²) in [6.07, 6.45) is 10.9. The molecule has 1 aromatic rings. The normalized spacial score (nSPS) is 26.7. The molecule has 4 rings (SSSR count). The fourth-order valence-electron chi connectivity index (χ4n) is 5.10. The lowest BCUT2D eigenvalue weighted by molar-refractivity contribution is -0.141. The van der Waals surface area contributed by atoms with Crippen LogP contribution in [0.2, 0.25) is 0 Å². The van der Waals surface area contributed by atoms with Crippen molar-refractivity contribution < 1.29 is 18.3 Å². The minimum Gasteiger partial charge on any atom is -0.383 e. The molecule has 0 aromatic heterocycles. The van der Waals surface area contributed by atoms with Crippen molar-refractivity contribution in [3.05, 3.63) is 53.6 Å². The van der Waals surface area contributed by atoms with E-state index in [0.29, 0.717) is 13.0 Å². The fourth-order valence-corrected chi connectivity index (χ4v) is 6.11. The van der Waals surface area contributed by atoms with Crippen LogP contribution in [0.15, 0.2) is 42.5 Å². The number of rotatable bonds is 7. The van der Waals surface area contributed by atoms with Crippen molar-refractivity contribution in [2.24, 2.45) is 5.41 Å². The number of benzene rings is 1. The Hall–Kier alpha value is -1.47. The highest BCUT2D eigenvalue weighted by Gasteiger charge is 2.61. The number of amides is 1. The highest BCUT2D eigenvalue weighted by molar-refractivity contribution is 7.88. The predicted molar refractivity (Wildman–Crippen MR) is 138 cm³/mol. The van der Waals surface area contributed by atoms with Crippen LogP contribution in [0.1, 0.15) is 43.7 Å². The number of aliphatic hydroxyl groups excluding tert-OH is 1. The van der Waals surface area contributed by atoms with Gasteiger partial charge in [0.1, 0.15) is 14.0 Å². The van der Waals surface area contributed by atoms with Crippen LogP contribution in [-0.2, 0) is 21.2 Å². The lowest BCUT2D eigenvalue weighted by atomic mass is 9.82. The topological polar surface area (TPSA) is 86.7 Å². The molecule has 1 aliphatic heterocycles. The van der Waals surface area contributed by atoms with Gasteiger partial charge >= 0.3 is 0 Å².